The number of carbonyl (C=O) groups excluding carboxylic acids is 1. The van der Waals surface area contributed by atoms with Crippen LogP contribution in [0.2, 0.25) is 0 Å². The maximum absolute atomic E-state index is 12.2. The van der Waals surface area contributed by atoms with Crippen molar-refractivity contribution >= 4 is 17.3 Å². The van der Waals surface area contributed by atoms with Gasteiger partial charge in [-0.3, -0.25) is 4.79 Å². The Hall–Kier alpha value is -2.75. The number of rotatable bonds is 6. The summed E-state index contributed by atoms with van der Waals surface area (Å²) in [4.78, 5) is 14.4. The van der Waals surface area contributed by atoms with Gasteiger partial charge in [0.05, 0.1) is 6.54 Å². The molecule has 0 saturated heterocycles. The van der Waals surface area contributed by atoms with E-state index >= 15 is 0 Å². The lowest BCUT2D eigenvalue weighted by Crippen LogP contribution is -2.31. The molecule has 1 heterocycles. The van der Waals surface area contributed by atoms with Crippen LogP contribution in [-0.4, -0.2) is 25.6 Å². The molecule has 4 heteroatoms. The molecule has 23 heavy (non-hydrogen) atoms. The molecule has 3 rings (SSSR count). The lowest BCUT2D eigenvalue weighted by Gasteiger charge is -2.18. The Labute approximate surface area is 136 Å². The molecule has 1 N–H and O–H groups in total. The van der Waals surface area contributed by atoms with Crippen molar-refractivity contribution in [3.05, 3.63) is 66.7 Å². The number of benzene rings is 2. The number of nitrogens with zero attached hydrogens (tertiary/aromatic N) is 1. The lowest BCUT2D eigenvalue weighted by molar-refractivity contribution is -0.115. The third-order valence-corrected chi connectivity index (χ3v) is 3.82. The van der Waals surface area contributed by atoms with Crippen LogP contribution < -0.4 is 15.0 Å². The summed E-state index contributed by atoms with van der Waals surface area (Å²) in [6.45, 7) is 5.34. The molecule has 118 valence electrons. The fourth-order valence-electron chi connectivity index (χ4n) is 2.73. The van der Waals surface area contributed by atoms with E-state index in [1.54, 1.807) is 6.08 Å². The molecule has 0 aromatic heterocycles. The molecular weight excluding hydrogens is 288 g/mol. The summed E-state index contributed by atoms with van der Waals surface area (Å²) in [5.41, 5.74) is 3.24. The van der Waals surface area contributed by atoms with Gasteiger partial charge in [0.25, 0.3) is 0 Å². The molecule has 2 aromatic carbocycles. The van der Waals surface area contributed by atoms with E-state index in [9.17, 15) is 4.79 Å². The van der Waals surface area contributed by atoms with Crippen molar-refractivity contribution < 1.29 is 9.53 Å². The second-order valence-corrected chi connectivity index (χ2v) is 5.47. The third kappa shape index (κ3) is 3.72. The summed E-state index contributed by atoms with van der Waals surface area (Å²) in [5.74, 6) is 0.748. The Morgan fingerprint density at radius 3 is 2.78 bits per heavy atom. The molecule has 0 fully saturated rings. The van der Waals surface area contributed by atoms with Gasteiger partial charge in [-0.2, -0.15) is 0 Å². The van der Waals surface area contributed by atoms with Crippen molar-refractivity contribution in [3.63, 3.8) is 0 Å². The minimum absolute atomic E-state index is 0.0125. The highest BCUT2D eigenvalue weighted by molar-refractivity contribution is 5.94. The van der Waals surface area contributed by atoms with Gasteiger partial charge in [-0.1, -0.05) is 30.9 Å². The van der Waals surface area contributed by atoms with Crippen molar-refractivity contribution in [1.82, 2.24) is 0 Å². The van der Waals surface area contributed by atoms with Crippen LogP contribution in [0.3, 0.4) is 0 Å². The molecule has 1 aliphatic rings. The van der Waals surface area contributed by atoms with Crippen LogP contribution in [0.25, 0.3) is 0 Å². The van der Waals surface area contributed by atoms with Gasteiger partial charge in [-0.05, 0) is 42.3 Å². The fourth-order valence-corrected chi connectivity index (χ4v) is 2.73. The number of hydrogen-bond donors (Lipinski definition) is 1. The van der Waals surface area contributed by atoms with Gasteiger partial charge in [0.2, 0.25) is 5.91 Å². The zero-order valence-corrected chi connectivity index (χ0v) is 13.0. The van der Waals surface area contributed by atoms with Gasteiger partial charge >= 0.3 is 0 Å². The number of para-hydroxylation sites is 1. The summed E-state index contributed by atoms with van der Waals surface area (Å²) < 4.78 is 5.42. The van der Waals surface area contributed by atoms with Gasteiger partial charge in [0, 0.05) is 17.9 Å². The van der Waals surface area contributed by atoms with Crippen molar-refractivity contribution in [3.8, 4) is 5.75 Å². The van der Waals surface area contributed by atoms with E-state index < -0.39 is 0 Å². The number of hydrogen-bond acceptors (Lipinski definition) is 3. The first-order valence-corrected chi connectivity index (χ1v) is 7.73. The molecule has 1 aliphatic heterocycles. The second-order valence-electron chi connectivity index (χ2n) is 5.47. The predicted molar refractivity (Wildman–Crippen MR) is 93.1 cm³/mol. The summed E-state index contributed by atoms with van der Waals surface area (Å²) in [7, 11) is 0. The van der Waals surface area contributed by atoms with Gasteiger partial charge in [-0.25, -0.2) is 0 Å². The maximum atomic E-state index is 12.2. The first kappa shape index (κ1) is 15.2. The molecular formula is C19H20N2O2. The molecule has 0 atom stereocenters. The zero-order valence-electron chi connectivity index (χ0n) is 13.0. The van der Waals surface area contributed by atoms with Crippen molar-refractivity contribution in [2.24, 2.45) is 0 Å². The predicted octanol–water partition coefficient (Wildman–Crippen LogP) is 3.25. The molecule has 0 aliphatic carbocycles. The van der Waals surface area contributed by atoms with Gasteiger partial charge in [0.15, 0.2) is 0 Å². The standard InChI is InChI=1S/C19H20N2O2/c1-2-13-23-17-9-7-16(8-10-17)20-19(22)14-21-12-11-15-5-3-4-6-18(15)21/h2-10H,1,11-14H2,(H,20,22). The van der Waals surface area contributed by atoms with E-state index in [4.69, 9.17) is 4.74 Å². The number of fused-ring (bicyclic) bond motifs is 1. The van der Waals surface area contributed by atoms with Crippen molar-refractivity contribution in [2.45, 2.75) is 6.42 Å². The number of carbonyl (C=O) groups is 1. The lowest BCUT2D eigenvalue weighted by atomic mass is 10.2. The fraction of sp³-hybridized carbons (Fsp3) is 0.211. The molecule has 1 amide bonds. The van der Waals surface area contributed by atoms with Crippen LogP contribution in [-0.2, 0) is 11.2 Å². The first-order chi connectivity index (χ1) is 11.3. The van der Waals surface area contributed by atoms with Crippen molar-refractivity contribution in [1.29, 1.82) is 0 Å². The number of ether oxygens (including phenoxy) is 1. The highest BCUT2D eigenvalue weighted by atomic mass is 16.5. The molecule has 0 radical (unpaired) electrons. The largest absolute Gasteiger partial charge is 0.490 e. The van der Waals surface area contributed by atoms with Crippen LogP contribution >= 0.6 is 0 Å². The molecule has 0 bridgehead atoms. The maximum Gasteiger partial charge on any atom is 0.243 e. The second kappa shape index (κ2) is 7.01. The van der Waals surface area contributed by atoms with Crippen LogP contribution in [0.1, 0.15) is 5.56 Å². The third-order valence-electron chi connectivity index (χ3n) is 3.82. The SMILES string of the molecule is C=CCOc1ccc(NC(=O)CN2CCc3ccccc32)cc1. The number of amides is 1. The zero-order chi connectivity index (χ0) is 16.1. The van der Waals surface area contributed by atoms with Gasteiger partial charge in [0.1, 0.15) is 12.4 Å². The topological polar surface area (TPSA) is 41.6 Å². The average Bonchev–Trinajstić information content (AvgIpc) is 2.97. The number of nitrogens with one attached hydrogen (secondary N) is 1. The molecule has 4 nitrogen and oxygen atoms in total. The van der Waals surface area contributed by atoms with E-state index in [1.165, 1.54) is 5.56 Å². The smallest absolute Gasteiger partial charge is 0.243 e. The molecule has 0 spiro atoms. The van der Waals surface area contributed by atoms with E-state index in [2.05, 4.69) is 28.9 Å². The first-order valence-electron chi connectivity index (χ1n) is 7.73. The number of anilines is 2. The monoisotopic (exact) mass is 308 g/mol. The summed E-state index contributed by atoms with van der Waals surface area (Å²) in [6, 6.07) is 15.6. The quantitative estimate of drug-likeness (QED) is 0.833. The van der Waals surface area contributed by atoms with E-state index in [-0.39, 0.29) is 5.91 Å². The summed E-state index contributed by atoms with van der Waals surface area (Å²) >= 11 is 0. The minimum Gasteiger partial charge on any atom is -0.490 e. The average molecular weight is 308 g/mol. The molecule has 0 saturated carbocycles. The van der Waals surface area contributed by atoms with Crippen LogP contribution in [0.4, 0.5) is 11.4 Å². The Morgan fingerprint density at radius 2 is 2.00 bits per heavy atom. The van der Waals surface area contributed by atoms with Crippen molar-refractivity contribution in [2.75, 3.05) is 29.9 Å². The van der Waals surface area contributed by atoms with Gasteiger partial charge < -0.3 is 15.0 Å². The van der Waals surface area contributed by atoms with E-state index in [0.29, 0.717) is 13.2 Å². The highest BCUT2D eigenvalue weighted by Gasteiger charge is 2.20. The molecule has 0 unspecified atom stereocenters. The summed E-state index contributed by atoms with van der Waals surface area (Å²) in [5, 5.41) is 2.93. The Kier molecular flexibility index (Phi) is 4.62. The van der Waals surface area contributed by atoms with Crippen LogP contribution in [0.5, 0.6) is 5.75 Å². The van der Waals surface area contributed by atoms with E-state index in [1.807, 2.05) is 36.4 Å². The summed E-state index contributed by atoms with van der Waals surface area (Å²) in [6.07, 6.45) is 2.70. The Morgan fingerprint density at radius 1 is 1.22 bits per heavy atom. The molecule has 2 aromatic rings. The van der Waals surface area contributed by atoms with Gasteiger partial charge in [-0.15, -0.1) is 0 Å². The Balaban J connectivity index is 1.57. The van der Waals surface area contributed by atoms with Crippen LogP contribution in [0, 0.1) is 0 Å². The Bertz CT molecular complexity index is 695. The minimum atomic E-state index is -0.0125. The highest BCUT2D eigenvalue weighted by Crippen LogP contribution is 2.27. The van der Waals surface area contributed by atoms with Crippen LogP contribution in [0.15, 0.2) is 61.2 Å². The normalized spacial score (nSPS) is 12.6. The van der Waals surface area contributed by atoms with E-state index in [0.717, 1.165) is 30.1 Å².